The van der Waals surface area contributed by atoms with Crippen LogP contribution >= 0.6 is 34.5 Å². The van der Waals surface area contributed by atoms with E-state index in [0.29, 0.717) is 26.3 Å². The highest BCUT2D eigenvalue weighted by Gasteiger charge is 2.11. The number of fused-ring (bicyclic) bond motifs is 2. The molecule has 0 spiro atoms. The molecule has 2 aromatic heterocycles. The van der Waals surface area contributed by atoms with Crippen molar-refractivity contribution in [1.29, 1.82) is 0 Å². The van der Waals surface area contributed by atoms with E-state index >= 15 is 0 Å². The molecule has 24 heavy (non-hydrogen) atoms. The van der Waals surface area contributed by atoms with E-state index in [1.54, 1.807) is 18.2 Å². The van der Waals surface area contributed by atoms with Gasteiger partial charge in [-0.3, -0.25) is 0 Å². The minimum atomic E-state index is -0.365. The van der Waals surface area contributed by atoms with Gasteiger partial charge in [-0.1, -0.05) is 34.5 Å². The molecule has 0 bridgehead atoms. The molecule has 0 unspecified atom stereocenters. The van der Waals surface area contributed by atoms with Gasteiger partial charge in [-0.15, -0.1) is 0 Å². The van der Waals surface area contributed by atoms with Crippen LogP contribution in [-0.4, -0.2) is 4.98 Å². The number of hydrogen-bond acceptors (Lipinski definition) is 5. The van der Waals surface area contributed by atoms with Crippen LogP contribution in [0.25, 0.3) is 21.2 Å². The van der Waals surface area contributed by atoms with Crippen LogP contribution in [0.4, 0.5) is 10.8 Å². The van der Waals surface area contributed by atoms with Crippen molar-refractivity contribution in [3.63, 3.8) is 0 Å². The third-order valence-corrected chi connectivity index (χ3v) is 5.39. The summed E-state index contributed by atoms with van der Waals surface area (Å²) >= 11 is 13.8. The Kier molecular flexibility index (Phi) is 3.72. The third-order valence-electron chi connectivity index (χ3n) is 3.65. The summed E-state index contributed by atoms with van der Waals surface area (Å²) in [7, 11) is 0. The summed E-state index contributed by atoms with van der Waals surface area (Å²) in [6, 6.07) is 10.5. The first-order valence-electron chi connectivity index (χ1n) is 7.07. The van der Waals surface area contributed by atoms with Crippen LogP contribution in [0.5, 0.6) is 0 Å². The Morgan fingerprint density at radius 2 is 1.92 bits per heavy atom. The highest BCUT2D eigenvalue weighted by atomic mass is 35.5. The Morgan fingerprint density at radius 3 is 2.71 bits per heavy atom. The maximum absolute atomic E-state index is 11.5. The highest BCUT2D eigenvalue weighted by Crippen LogP contribution is 2.37. The zero-order valence-corrected chi connectivity index (χ0v) is 14.7. The smallest absolute Gasteiger partial charge is 0.336 e. The maximum atomic E-state index is 11.5. The van der Waals surface area contributed by atoms with Crippen LogP contribution in [0.3, 0.4) is 0 Å². The average molecular weight is 377 g/mol. The molecule has 4 rings (SSSR count). The van der Waals surface area contributed by atoms with Crippen LogP contribution in [0, 0.1) is 6.92 Å². The van der Waals surface area contributed by atoms with Crippen molar-refractivity contribution in [2.75, 3.05) is 5.32 Å². The van der Waals surface area contributed by atoms with Crippen molar-refractivity contribution in [3.8, 4) is 0 Å². The predicted octanol–water partition coefficient (Wildman–Crippen LogP) is 5.76. The lowest BCUT2D eigenvalue weighted by atomic mass is 10.1. The number of rotatable bonds is 2. The van der Waals surface area contributed by atoms with Gasteiger partial charge < -0.3 is 9.73 Å². The number of hydrogen-bond donors (Lipinski definition) is 1. The largest absolute Gasteiger partial charge is 0.423 e. The molecular weight excluding hydrogens is 367 g/mol. The van der Waals surface area contributed by atoms with Gasteiger partial charge in [-0.25, -0.2) is 9.78 Å². The van der Waals surface area contributed by atoms with Gasteiger partial charge in [-0.05, 0) is 36.8 Å². The molecule has 0 aliphatic heterocycles. The molecule has 0 fully saturated rings. The summed E-state index contributed by atoms with van der Waals surface area (Å²) in [5.74, 6) is 0. The minimum absolute atomic E-state index is 0.365. The van der Waals surface area contributed by atoms with Gasteiger partial charge in [0, 0.05) is 23.2 Å². The fraction of sp³-hybridized carbons (Fsp3) is 0.0588. The highest BCUT2D eigenvalue weighted by molar-refractivity contribution is 7.23. The van der Waals surface area contributed by atoms with Crippen molar-refractivity contribution in [2.24, 2.45) is 0 Å². The second kappa shape index (κ2) is 5.77. The van der Waals surface area contributed by atoms with Crippen LogP contribution in [-0.2, 0) is 0 Å². The molecule has 0 aliphatic carbocycles. The molecule has 4 aromatic rings. The van der Waals surface area contributed by atoms with Crippen LogP contribution in [0.1, 0.15) is 5.56 Å². The Balaban J connectivity index is 1.78. The lowest BCUT2D eigenvalue weighted by molar-refractivity contribution is 0.560. The number of halogens is 2. The minimum Gasteiger partial charge on any atom is -0.423 e. The molecule has 4 nitrogen and oxygen atoms in total. The van der Waals surface area contributed by atoms with Gasteiger partial charge >= 0.3 is 5.63 Å². The van der Waals surface area contributed by atoms with Crippen LogP contribution in [0.2, 0.25) is 10.0 Å². The predicted molar refractivity (Wildman–Crippen MR) is 100 cm³/mol. The second-order valence-electron chi connectivity index (χ2n) is 5.31. The van der Waals surface area contributed by atoms with Gasteiger partial charge in [-0.2, -0.15) is 0 Å². The third kappa shape index (κ3) is 2.65. The summed E-state index contributed by atoms with van der Waals surface area (Å²) in [6.45, 7) is 1.88. The van der Waals surface area contributed by atoms with E-state index in [4.69, 9.17) is 27.6 Å². The topological polar surface area (TPSA) is 55.1 Å². The first-order chi connectivity index (χ1) is 11.5. The van der Waals surface area contributed by atoms with Gasteiger partial charge in [0.25, 0.3) is 0 Å². The Morgan fingerprint density at radius 1 is 1.12 bits per heavy atom. The van der Waals surface area contributed by atoms with Crippen LogP contribution in [0.15, 0.2) is 45.6 Å². The van der Waals surface area contributed by atoms with Crippen LogP contribution < -0.4 is 10.9 Å². The summed E-state index contributed by atoms with van der Waals surface area (Å²) in [5, 5.41) is 5.93. The number of nitrogens with one attached hydrogen (secondary N) is 1. The average Bonchev–Trinajstić information content (AvgIpc) is 2.95. The first kappa shape index (κ1) is 15.4. The SMILES string of the molecule is Cc1cc(=O)oc2cc(Nc3nc4c(Cl)ccc(Cl)c4s3)ccc12. The number of thiazole rings is 1. The van der Waals surface area contributed by atoms with Crippen molar-refractivity contribution in [1.82, 2.24) is 4.98 Å². The summed E-state index contributed by atoms with van der Waals surface area (Å²) in [5.41, 5.74) is 2.48. The molecule has 0 saturated heterocycles. The molecule has 1 N–H and O–H groups in total. The number of benzene rings is 2. The zero-order chi connectivity index (χ0) is 16.8. The van der Waals surface area contributed by atoms with Crippen molar-refractivity contribution in [2.45, 2.75) is 6.92 Å². The van der Waals surface area contributed by atoms with Crippen molar-refractivity contribution >= 4 is 66.5 Å². The lowest BCUT2D eigenvalue weighted by Gasteiger charge is -2.05. The Bertz CT molecular complexity index is 1110. The Labute approximate surface area is 150 Å². The fourth-order valence-corrected chi connectivity index (χ4v) is 3.97. The van der Waals surface area contributed by atoms with Gasteiger partial charge in [0.15, 0.2) is 5.13 Å². The molecule has 120 valence electrons. The zero-order valence-electron chi connectivity index (χ0n) is 12.4. The summed E-state index contributed by atoms with van der Waals surface area (Å²) < 4.78 is 6.09. The van der Waals surface area contributed by atoms with E-state index in [1.165, 1.54) is 17.4 Å². The number of anilines is 2. The normalized spacial score (nSPS) is 11.3. The Hall–Kier alpha value is -2.08. The molecule has 0 atom stereocenters. The molecule has 0 amide bonds. The second-order valence-corrected chi connectivity index (χ2v) is 7.12. The van der Waals surface area contributed by atoms with Crippen molar-refractivity contribution < 1.29 is 4.42 Å². The number of aromatic nitrogens is 1. The summed E-state index contributed by atoms with van der Waals surface area (Å²) in [6.07, 6.45) is 0. The van der Waals surface area contributed by atoms with E-state index in [0.717, 1.165) is 21.3 Å². The molecule has 0 radical (unpaired) electrons. The molecule has 7 heteroatoms. The fourth-order valence-electron chi connectivity index (χ4n) is 2.52. The lowest BCUT2D eigenvalue weighted by Crippen LogP contribution is -1.98. The van der Waals surface area contributed by atoms with E-state index in [9.17, 15) is 4.79 Å². The quantitative estimate of drug-likeness (QED) is 0.451. The molecular formula is C17H10Cl2N2O2S. The molecule has 2 aromatic carbocycles. The van der Waals surface area contributed by atoms with E-state index in [2.05, 4.69) is 10.3 Å². The van der Waals surface area contributed by atoms with E-state index in [1.807, 2.05) is 19.1 Å². The number of aryl methyl sites for hydroxylation is 1. The monoisotopic (exact) mass is 376 g/mol. The molecule has 2 heterocycles. The molecule has 0 saturated carbocycles. The van der Waals surface area contributed by atoms with E-state index < -0.39 is 0 Å². The first-order valence-corrected chi connectivity index (χ1v) is 8.64. The standard InChI is InChI=1S/C17H10Cl2N2O2S/c1-8-6-14(22)23-13-7-9(2-3-10(8)13)20-17-21-15-11(18)4-5-12(19)16(15)24-17/h2-7H,1H3,(H,20,21). The summed E-state index contributed by atoms with van der Waals surface area (Å²) in [4.78, 5) is 16.0. The van der Waals surface area contributed by atoms with E-state index in [-0.39, 0.29) is 5.63 Å². The van der Waals surface area contributed by atoms with Crippen molar-refractivity contribution in [3.05, 3.63) is 62.4 Å². The van der Waals surface area contributed by atoms with Gasteiger partial charge in [0.05, 0.1) is 14.7 Å². The van der Waals surface area contributed by atoms with Gasteiger partial charge in [0.2, 0.25) is 0 Å². The maximum Gasteiger partial charge on any atom is 0.336 e. The molecule has 0 aliphatic rings. The van der Waals surface area contributed by atoms with Gasteiger partial charge in [0.1, 0.15) is 11.1 Å². The number of nitrogens with zero attached hydrogens (tertiary/aromatic N) is 1.